The second kappa shape index (κ2) is 10.5. The molecule has 1 aliphatic heterocycles. The standard InChI is InChI=1S/C26H33FN4O3/c1-16(2)22-15-34-26(33)31(22)24-11-12-28-25(30-24)29-17(3)19-9-10-20(21(27)14-19)23(32)13-18-7-5-4-6-8-18/h9-12,14,16-18,22H,4-8,13,15H2,1-3H3,(H,28,29,30)/t17-,22+/m0/s1. The zero-order chi connectivity index (χ0) is 24.2. The summed E-state index contributed by atoms with van der Waals surface area (Å²) in [5.41, 5.74) is 0.841. The number of nitrogens with one attached hydrogen (secondary N) is 1. The average Bonchev–Trinajstić information content (AvgIpc) is 3.21. The van der Waals surface area contributed by atoms with Gasteiger partial charge < -0.3 is 10.1 Å². The van der Waals surface area contributed by atoms with Crippen molar-refractivity contribution in [1.82, 2.24) is 9.97 Å². The smallest absolute Gasteiger partial charge is 0.415 e. The molecule has 1 saturated heterocycles. The summed E-state index contributed by atoms with van der Waals surface area (Å²) in [6, 6.07) is 6.02. The number of benzene rings is 1. The summed E-state index contributed by atoms with van der Waals surface area (Å²) in [4.78, 5) is 35.2. The Balaban J connectivity index is 1.44. The van der Waals surface area contributed by atoms with Crippen LogP contribution in [0.25, 0.3) is 0 Å². The minimum atomic E-state index is -0.499. The molecule has 4 rings (SSSR count). The van der Waals surface area contributed by atoms with Gasteiger partial charge in [0.15, 0.2) is 5.78 Å². The van der Waals surface area contributed by atoms with Crippen LogP contribution in [-0.2, 0) is 4.74 Å². The molecule has 2 aromatic rings. The van der Waals surface area contributed by atoms with Crippen molar-refractivity contribution in [2.45, 2.75) is 71.4 Å². The van der Waals surface area contributed by atoms with Crippen molar-refractivity contribution in [3.05, 3.63) is 47.4 Å². The molecule has 1 aromatic carbocycles. The first-order valence-electron chi connectivity index (χ1n) is 12.2. The maximum atomic E-state index is 14.8. The molecule has 2 aliphatic rings. The number of ketones is 1. The maximum Gasteiger partial charge on any atom is 0.415 e. The van der Waals surface area contributed by atoms with Gasteiger partial charge in [-0.15, -0.1) is 0 Å². The summed E-state index contributed by atoms with van der Waals surface area (Å²) in [5, 5.41) is 3.17. The number of carbonyl (C=O) groups is 2. The lowest BCUT2D eigenvalue weighted by Gasteiger charge is -2.24. The molecule has 0 spiro atoms. The van der Waals surface area contributed by atoms with E-state index in [9.17, 15) is 14.0 Å². The van der Waals surface area contributed by atoms with Crippen LogP contribution in [0.1, 0.15) is 81.3 Å². The summed E-state index contributed by atoms with van der Waals surface area (Å²) in [6.07, 6.45) is 7.22. The SMILES string of the molecule is CC(C)[C@H]1COC(=O)N1c1ccnc(N[C@@H](C)c2ccc(C(=O)CC3CCCCC3)c(F)c2)n1. The average molecular weight is 469 g/mol. The van der Waals surface area contributed by atoms with Gasteiger partial charge in [0.05, 0.1) is 17.6 Å². The first kappa shape index (κ1) is 24.1. The third-order valence-electron chi connectivity index (χ3n) is 6.90. The topological polar surface area (TPSA) is 84.4 Å². The summed E-state index contributed by atoms with van der Waals surface area (Å²) < 4.78 is 20.1. The third-order valence-corrected chi connectivity index (χ3v) is 6.90. The predicted octanol–water partition coefficient (Wildman–Crippen LogP) is 5.92. The van der Waals surface area contributed by atoms with Crippen molar-refractivity contribution in [3.8, 4) is 0 Å². The van der Waals surface area contributed by atoms with Gasteiger partial charge in [0.1, 0.15) is 18.2 Å². The van der Waals surface area contributed by atoms with E-state index in [2.05, 4.69) is 15.3 Å². The number of rotatable bonds is 8. The molecular weight excluding hydrogens is 435 g/mol. The van der Waals surface area contributed by atoms with Gasteiger partial charge in [0.25, 0.3) is 0 Å². The summed E-state index contributed by atoms with van der Waals surface area (Å²) >= 11 is 0. The van der Waals surface area contributed by atoms with E-state index >= 15 is 0 Å². The Labute approximate surface area is 200 Å². The summed E-state index contributed by atoms with van der Waals surface area (Å²) in [5.74, 6) is 0.740. The molecule has 34 heavy (non-hydrogen) atoms. The van der Waals surface area contributed by atoms with Gasteiger partial charge in [-0.3, -0.25) is 9.69 Å². The van der Waals surface area contributed by atoms with E-state index in [1.165, 1.54) is 12.5 Å². The van der Waals surface area contributed by atoms with Crippen LogP contribution in [0.15, 0.2) is 30.5 Å². The highest BCUT2D eigenvalue weighted by Gasteiger charge is 2.37. The molecule has 1 aliphatic carbocycles. The van der Waals surface area contributed by atoms with Gasteiger partial charge in [-0.1, -0.05) is 52.0 Å². The maximum absolute atomic E-state index is 14.8. The third kappa shape index (κ3) is 5.37. The summed E-state index contributed by atoms with van der Waals surface area (Å²) in [7, 11) is 0. The number of anilines is 2. The minimum absolute atomic E-state index is 0.0968. The monoisotopic (exact) mass is 468 g/mol. The molecule has 0 unspecified atom stereocenters. The fraction of sp³-hybridized carbons (Fsp3) is 0.538. The zero-order valence-corrected chi connectivity index (χ0v) is 20.1. The van der Waals surface area contributed by atoms with E-state index in [1.807, 2.05) is 20.8 Å². The number of cyclic esters (lactones) is 1. The fourth-order valence-electron chi connectivity index (χ4n) is 4.81. The van der Waals surface area contributed by atoms with Gasteiger partial charge >= 0.3 is 6.09 Å². The van der Waals surface area contributed by atoms with Crippen LogP contribution in [-0.4, -0.2) is 34.5 Å². The van der Waals surface area contributed by atoms with Crippen molar-refractivity contribution in [3.63, 3.8) is 0 Å². The Morgan fingerprint density at radius 3 is 2.68 bits per heavy atom. The quantitative estimate of drug-likeness (QED) is 0.484. The molecular formula is C26H33FN4O3. The molecule has 182 valence electrons. The van der Waals surface area contributed by atoms with Crippen LogP contribution in [0.4, 0.5) is 21.0 Å². The number of nitrogens with zero attached hydrogens (tertiary/aromatic N) is 3. The molecule has 1 aromatic heterocycles. The second-order valence-corrected chi connectivity index (χ2v) is 9.73. The molecule has 1 N–H and O–H groups in total. The molecule has 7 nitrogen and oxygen atoms in total. The Hall–Kier alpha value is -3.03. The van der Waals surface area contributed by atoms with Gasteiger partial charge in [0, 0.05) is 12.6 Å². The van der Waals surface area contributed by atoms with Crippen molar-refractivity contribution < 1.29 is 18.7 Å². The van der Waals surface area contributed by atoms with Crippen LogP contribution < -0.4 is 10.2 Å². The number of amides is 1. The van der Waals surface area contributed by atoms with Crippen LogP contribution in [0.5, 0.6) is 0 Å². The highest BCUT2D eigenvalue weighted by molar-refractivity contribution is 5.96. The molecule has 0 bridgehead atoms. The van der Waals surface area contributed by atoms with E-state index in [1.54, 1.807) is 29.3 Å². The van der Waals surface area contributed by atoms with Gasteiger partial charge in [-0.05, 0) is 42.5 Å². The fourth-order valence-corrected chi connectivity index (χ4v) is 4.81. The highest BCUT2D eigenvalue weighted by atomic mass is 19.1. The molecule has 1 amide bonds. The number of Topliss-reactive ketones (excluding diaryl/α,β-unsaturated/α-hetero) is 1. The van der Waals surface area contributed by atoms with Crippen LogP contribution in [0, 0.1) is 17.7 Å². The number of carbonyl (C=O) groups excluding carboxylic acids is 2. The first-order chi connectivity index (χ1) is 16.3. The lowest BCUT2D eigenvalue weighted by atomic mass is 9.84. The minimum Gasteiger partial charge on any atom is -0.447 e. The Kier molecular flexibility index (Phi) is 7.44. The van der Waals surface area contributed by atoms with Crippen molar-refractivity contribution in [2.24, 2.45) is 11.8 Å². The summed E-state index contributed by atoms with van der Waals surface area (Å²) in [6.45, 7) is 6.25. The van der Waals surface area contributed by atoms with Crippen molar-refractivity contribution in [2.75, 3.05) is 16.8 Å². The van der Waals surface area contributed by atoms with E-state index < -0.39 is 11.9 Å². The Morgan fingerprint density at radius 2 is 1.97 bits per heavy atom. The molecule has 2 heterocycles. The van der Waals surface area contributed by atoms with Gasteiger partial charge in [-0.2, -0.15) is 4.98 Å². The van der Waals surface area contributed by atoms with Gasteiger partial charge in [0.2, 0.25) is 5.95 Å². The Bertz CT molecular complexity index is 1040. The first-order valence-corrected chi connectivity index (χ1v) is 12.2. The van der Waals surface area contributed by atoms with Crippen molar-refractivity contribution in [1.29, 1.82) is 0 Å². The Morgan fingerprint density at radius 1 is 1.21 bits per heavy atom. The lowest BCUT2D eigenvalue weighted by Crippen LogP contribution is -2.37. The zero-order valence-electron chi connectivity index (χ0n) is 20.1. The highest BCUT2D eigenvalue weighted by Crippen LogP contribution is 2.29. The number of ether oxygens (including phenoxy) is 1. The normalized spacial score (nSPS) is 19.9. The number of halogens is 1. The molecule has 0 radical (unpaired) electrons. The predicted molar refractivity (Wildman–Crippen MR) is 128 cm³/mol. The van der Waals surface area contributed by atoms with E-state index in [0.29, 0.717) is 36.3 Å². The lowest BCUT2D eigenvalue weighted by molar-refractivity contribution is 0.0946. The second-order valence-electron chi connectivity index (χ2n) is 9.73. The van der Waals surface area contributed by atoms with E-state index in [0.717, 1.165) is 25.7 Å². The molecule has 2 atom stereocenters. The molecule has 1 saturated carbocycles. The van der Waals surface area contributed by atoms with Crippen LogP contribution in [0.2, 0.25) is 0 Å². The largest absolute Gasteiger partial charge is 0.447 e. The number of hydrogen-bond donors (Lipinski definition) is 1. The van der Waals surface area contributed by atoms with E-state index in [-0.39, 0.29) is 29.3 Å². The molecule has 2 fully saturated rings. The number of hydrogen-bond acceptors (Lipinski definition) is 6. The molecule has 8 heteroatoms. The van der Waals surface area contributed by atoms with Crippen molar-refractivity contribution >= 4 is 23.6 Å². The van der Waals surface area contributed by atoms with Crippen LogP contribution >= 0.6 is 0 Å². The number of aromatic nitrogens is 2. The van der Waals surface area contributed by atoms with Gasteiger partial charge in [-0.25, -0.2) is 14.2 Å². The van der Waals surface area contributed by atoms with E-state index in [4.69, 9.17) is 4.74 Å². The van der Waals surface area contributed by atoms with Crippen LogP contribution in [0.3, 0.4) is 0 Å².